The standard InChI is InChI=1S/C14H16N4O2/c1-20-12-6-2-10(3-7-12)8-18-9-13(16-17-18)14(19)15-11-4-5-11/h2-3,6-7,9,11H,4-5,8H2,1H3,(H,15,19). The number of aromatic nitrogens is 3. The van der Waals surface area contributed by atoms with Crippen LogP contribution in [0.15, 0.2) is 30.5 Å². The highest BCUT2D eigenvalue weighted by atomic mass is 16.5. The lowest BCUT2D eigenvalue weighted by Crippen LogP contribution is -2.25. The molecule has 0 radical (unpaired) electrons. The normalized spacial score (nSPS) is 14.1. The van der Waals surface area contributed by atoms with Crippen molar-refractivity contribution < 1.29 is 9.53 Å². The first-order valence-electron chi connectivity index (χ1n) is 6.58. The summed E-state index contributed by atoms with van der Waals surface area (Å²) in [5.74, 6) is 0.672. The molecule has 1 aromatic carbocycles. The summed E-state index contributed by atoms with van der Waals surface area (Å²) in [6.07, 6.45) is 3.79. The lowest BCUT2D eigenvalue weighted by Gasteiger charge is -2.03. The molecule has 0 bridgehead atoms. The van der Waals surface area contributed by atoms with Crippen molar-refractivity contribution in [1.29, 1.82) is 0 Å². The first-order valence-corrected chi connectivity index (χ1v) is 6.58. The van der Waals surface area contributed by atoms with Crippen LogP contribution in [0, 0.1) is 0 Å². The van der Waals surface area contributed by atoms with Gasteiger partial charge in [0.05, 0.1) is 19.9 Å². The second-order valence-electron chi connectivity index (χ2n) is 4.90. The predicted octanol–water partition coefficient (Wildman–Crippen LogP) is 1.23. The predicted molar refractivity (Wildman–Crippen MR) is 72.6 cm³/mol. The molecule has 0 saturated heterocycles. The van der Waals surface area contributed by atoms with Gasteiger partial charge in [-0.3, -0.25) is 4.79 Å². The Morgan fingerprint density at radius 2 is 2.15 bits per heavy atom. The summed E-state index contributed by atoms with van der Waals surface area (Å²) >= 11 is 0. The van der Waals surface area contributed by atoms with Gasteiger partial charge in [-0.25, -0.2) is 4.68 Å². The van der Waals surface area contributed by atoms with Gasteiger partial charge in [-0.05, 0) is 30.5 Å². The molecule has 2 aromatic rings. The molecule has 1 fully saturated rings. The van der Waals surface area contributed by atoms with Gasteiger partial charge < -0.3 is 10.1 Å². The molecule has 3 rings (SSSR count). The molecule has 0 spiro atoms. The van der Waals surface area contributed by atoms with Gasteiger partial charge in [-0.2, -0.15) is 0 Å². The summed E-state index contributed by atoms with van der Waals surface area (Å²) in [5, 5.41) is 10.8. The van der Waals surface area contributed by atoms with Gasteiger partial charge in [0.2, 0.25) is 0 Å². The molecule has 0 aliphatic heterocycles. The third-order valence-corrected chi connectivity index (χ3v) is 3.19. The average molecular weight is 272 g/mol. The van der Waals surface area contributed by atoms with Crippen LogP contribution < -0.4 is 10.1 Å². The Labute approximate surface area is 116 Å². The molecule has 1 amide bonds. The molecule has 1 aliphatic rings. The van der Waals surface area contributed by atoms with Crippen LogP contribution in [0.25, 0.3) is 0 Å². The van der Waals surface area contributed by atoms with E-state index in [0.717, 1.165) is 24.2 Å². The van der Waals surface area contributed by atoms with Gasteiger partial charge >= 0.3 is 0 Å². The third-order valence-electron chi connectivity index (χ3n) is 3.19. The Morgan fingerprint density at radius 3 is 2.80 bits per heavy atom. The van der Waals surface area contributed by atoms with Crippen molar-refractivity contribution in [2.45, 2.75) is 25.4 Å². The van der Waals surface area contributed by atoms with E-state index in [-0.39, 0.29) is 5.91 Å². The van der Waals surface area contributed by atoms with E-state index >= 15 is 0 Å². The first kappa shape index (κ1) is 12.7. The lowest BCUT2D eigenvalue weighted by atomic mass is 10.2. The molecule has 0 unspecified atom stereocenters. The van der Waals surface area contributed by atoms with E-state index < -0.39 is 0 Å². The summed E-state index contributed by atoms with van der Waals surface area (Å²) in [5.41, 5.74) is 1.44. The van der Waals surface area contributed by atoms with E-state index in [1.807, 2.05) is 24.3 Å². The number of amides is 1. The number of ether oxygens (including phenoxy) is 1. The number of benzene rings is 1. The quantitative estimate of drug-likeness (QED) is 0.888. The van der Waals surface area contributed by atoms with E-state index in [9.17, 15) is 4.79 Å². The minimum absolute atomic E-state index is 0.145. The number of carbonyl (C=O) groups is 1. The zero-order valence-corrected chi connectivity index (χ0v) is 11.2. The molecular weight excluding hydrogens is 256 g/mol. The van der Waals surface area contributed by atoms with Crippen molar-refractivity contribution in [2.75, 3.05) is 7.11 Å². The molecule has 1 N–H and O–H groups in total. The molecule has 1 heterocycles. The number of hydrogen-bond acceptors (Lipinski definition) is 4. The van der Waals surface area contributed by atoms with Crippen LogP contribution in [-0.4, -0.2) is 34.1 Å². The Hall–Kier alpha value is -2.37. The molecule has 0 atom stereocenters. The SMILES string of the molecule is COc1ccc(Cn2cc(C(=O)NC3CC3)nn2)cc1. The number of rotatable bonds is 5. The fraction of sp³-hybridized carbons (Fsp3) is 0.357. The molecule has 1 aromatic heterocycles. The Balaban J connectivity index is 1.64. The monoisotopic (exact) mass is 272 g/mol. The maximum Gasteiger partial charge on any atom is 0.273 e. The largest absolute Gasteiger partial charge is 0.497 e. The smallest absolute Gasteiger partial charge is 0.273 e. The molecular formula is C14H16N4O2. The molecule has 6 nitrogen and oxygen atoms in total. The topological polar surface area (TPSA) is 69.0 Å². The average Bonchev–Trinajstić information content (AvgIpc) is 3.15. The highest BCUT2D eigenvalue weighted by Gasteiger charge is 2.24. The van der Waals surface area contributed by atoms with Gasteiger partial charge in [-0.1, -0.05) is 17.3 Å². The van der Waals surface area contributed by atoms with Crippen LogP contribution >= 0.6 is 0 Å². The highest BCUT2D eigenvalue weighted by Crippen LogP contribution is 2.19. The Bertz CT molecular complexity index is 602. The fourth-order valence-corrected chi connectivity index (χ4v) is 1.88. The van der Waals surface area contributed by atoms with Crippen molar-refractivity contribution in [3.63, 3.8) is 0 Å². The van der Waals surface area contributed by atoms with E-state index in [1.54, 1.807) is 18.0 Å². The van der Waals surface area contributed by atoms with Crippen LogP contribution in [0.3, 0.4) is 0 Å². The third kappa shape index (κ3) is 2.96. The van der Waals surface area contributed by atoms with Crippen LogP contribution in [0.1, 0.15) is 28.9 Å². The summed E-state index contributed by atoms with van der Waals surface area (Å²) < 4.78 is 6.77. The van der Waals surface area contributed by atoms with Crippen molar-refractivity contribution in [3.05, 3.63) is 41.7 Å². The van der Waals surface area contributed by atoms with Gasteiger partial charge in [0.25, 0.3) is 5.91 Å². The van der Waals surface area contributed by atoms with Crippen molar-refractivity contribution in [1.82, 2.24) is 20.3 Å². The van der Waals surface area contributed by atoms with Crippen molar-refractivity contribution >= 4 is 5.91 Å². The highest BCUT2D eigenvalue weighted by molar-refractivity contribution is 5.92. The van der Waals surface area contributed by atoms with E-state index in [0.29, 0.717) is 18.3 Å². The van der Waals surface area contributed by atoms with Crippen molar-refractivity contribution in [2.24, 2.45) is 0 Å². The van der Waals surface area contributed by atoms with Gasteiger partial charge in [0, 0.05) is 6.04 Å². The molecule has 20 heavy (non-hydrogen) atoms. The molecule has 6 heteroatoms. The maximum absolute atomic E-state index is 11.8. The molecule has 1 saturated carbocycles. The Kier molecular flexibility index (Phi) is 3.37. The number of nitrogens with zero attached hydrogens (tertiary/aromatic N) is 3. The number of nitrogens with one attached hydrogen (secondary N) is 1. The number of hydrogen-bond donors (Lipinski definition) is 1. The second-order valence-corrected chi connectivity index (χ2v) is 4.90. The van der Waals surface area contributed by atoms with E-state index in [4.69, 9.17) is 4.74 Å². The summed E-state index contributed by atoms with van der Waals surface area (Å²) in [4.78, 5) is 11.8. The van der Waals surface area contributed by atoms with Crippen molar-refractivity contribution in [3.8, 4) is 5.75 Å². The summed E-state index contributed by atoms with van der Waals surface area (Å²) in [6, 6.07) is 8.05. The lowest BCUT2D eigenvalue weighted by molar-refractivity contribution is 0.0946. The van der Waals surface area contributed by atoms with E-state index in [2.05, 4.69) is 15.6 Å². The maximum atomic E-state index is 11.8. The number of methoxy groups -OCH3 is 1. The minimum Gasteiger partial charge on any atom is -0.497 e. The summed E-state index contributed by atoms with van der Waals surface area (Å²) in [6.45, 7) is 0.577. The fourth-order valence-electron chi connectivity index (χ4n) is 1.88. The summed E-state index contributed by atoms with van der Waals surface area (Å²) in [7, 11) is 1.64. The van der Waals surface area contributed by atoms with Gasteiger partial charge in [-0.15, -0.1) is 5.10 Å². The van der Waals surface area contributed by atoms with Gasteiger partial charge in [0.15, 0.2) is 5.69 Å². The van der Waals surface area contributed by atoms with Crippen LogP contribution in [0.2, 0.25) is 0 Å². The second kappa shape index (κ2) is 5.32. The minimum atomic E-state index is -0.145. The zero-order valence-electron chi connectivity index (χ0n) is 11.2. The van der Waals surface area contributed by atoms with Crippen LogP contribution in [0.4, 0.5) is 0 Å². The van der Waals surface area contributed by atoms with Crippen LogP contribution in [-0.2, 0) is 6.54 Å². The van der Waals surface area contributed by atoms with Crippen LogP contribution in [0.5, 0.6) is 5.75 Å². The zero-order chi connectivity index (χ0) is 13.9. The van der Waals surface area contributed by atoms with Gasteiger partial charge in [0.1, 0.15) is 5.75 Å². The molecule has 1 aliphatic carbocycles. The Morgan fingerprint density at radius 1 is 1.40 bits per heavy atom. The van der Waals surface area contributed by atoms with E-state index in [1.165, 1.54) is 0 Å². The number of carbonyl (C=O) groups excluding carboxylic acids is 1. The molecule has 104 valence electrons. The first-order chi connectivity index (χ1) is 9.74.